The van der Waals surface area contributed by atoms with E-state index in [-0.39, 0.29) is 17.4 Å². The van der Waals surface area contributed by atoms with Crippen molar-refractivity contribution in [3.8, 4) is 0 Å². The molecule has 1 saturated heterocycles. The van der Waals surface area contributed by atoms with Crippen molar-refractivity contribution < 1.29 is 12.8 Å². The van der Waals surface area contributed by atoms with Crippen LogP contribution in [0.15, 0.2) is 41.1 Å². The lowest BCUT2D eigenvalue weighted by Gasteiger charge is -2.34. The molecule has 0 radical (unpaired) electrons. The smallest absolute Gasteiger partial charge is 0.215 e. The van der Waals surface area contributed by atoms with Crippen LogP contribution in [-0.4, -0.2) is 33.0 Å². The monoisotopic (exact) mass is 382 g/mol. The molecule has 0 amide bonds. The van der Waals surface area contributed by atoms with Gasteiger partial charge in [0.15, 0.2) is 0 Å². The van der Waals surface area contributed by atoms with E-state index >= 15 is 0 Å². The van der Waals surface area contributed by atoms with Crippen LogP contribution in [0.1, 0.15) is 36.4 Å². The van der Waals surface area contributed by atoms with Crippen molar-refractivity contribution in [1.82, 2.24) is 9.62 Å². The van der Waals surface area contributed by atoms with Gasteiger partial charge in [-0.05, 0) is 54.4 Å². The summed E-state index contributed by atoms with van der Waals surface area (Å²) in [6, 6.07) is 8.08. The van der Waals surface area contributed by atoms with Gasteiger partial charge in [0.05, 0.1) is 5.75 Å². The fourth-order valence-electron chi connectivity index (χ4n) is 3.23. The number of halogens is 1. The number of rotatable bonds is 7. The van der Waals surface area contributed by atoms with Crippen LogP contribution in [-0.2, 0) is 15.8 Å². The van der Waals surface area contributed by atoms with Gasteiger partial charge in [-0.25, -0.2) is 17.5 Å². The zero-order chi connectivity index (χ0) is 17.7. The Kier molecular flexibility index (Phi) is 6.22. The number of likely N-dealkylation sites (tertiary alicyclic amines) is 1. The van der Waals surface area contributed by atoms with E-state index in [1.807, 2.05) is 5.38 Å². The fraction of sp³-hybridized carbons (Fsp3) is 0.444. The number of sulfonamides is 1. The molecule has 0 bridgehead atoms. The van der Waals surface area contributed by atoms with E-state index in [0.717, 1.165) is 31.5 Å². The molecule has 1 atom stereocenters. The van der Waals surface area contributed by atoms with E-state index in [2.05, 4.69) is 21.1 Å². The van der Waals surface area contributed by atoms with Crippen molar-refractivity contribution in [2.75, 3.05) is 19.6 Å². The molecule has 1 aromatic carbocycles. The molecule has 136 valence electrons. The highest BCUT2D eigenvalue weighted by molar-refractivity contribution is 7.88. The second-order valence-electron chi connectivity index (χ2n) is 6.37. The molecule has 1 aliphatic heterocycles. The highest BCUT2D eigenvalue weighted by atomic mass is 32.2. The van der Waals surface area contributed by atoms with Crippen LogP contribution in [0.3, 0.4) is 0 Å². The summed E-state index contributed by atoms with van der Waals surface area (Å²) in [4.78, 5) is 2.34. The summed E-state index contributed by atoms with van der Waals surface area (Å²) in [5, 5.41) is 4.09. The lowest BCUT2D eigenvalue weighted by atomic mass is 10.0. The minimum absolute atomic E-state index is 0.0296. The van der Waals surface area contributed by atoms with Crippen LogP contribution in [0.25, 0.3) is 0 Å². The summed E-state index contributed by atoms with van der Waals surface area (Å²) in [5.74, 6) is -0.825. The Morgan fingerprint density at radius 1 is 1.16 bits per heavy atom. The van der Waals surface area contributed by atoms with Crippen LogP contribution in [0.4, 0.5) is 4.39 Å². The molecular weight excluding hydrogens is 359 g/mol. The summed E-state index contributed by atoms with van der Waals surface area (Å²) >= 11 is 1.62. The molecular formula is C18H23FN2O2S2. The third-order valence-electron chi connectivity index (χ3n) is 4.56. The number of nitrogens with zero attached hydrogens (tertiary/aromatic N) is 1. The standard InChI is InChI=1S/C18H23FN2O2S2/c19-17-7-3-2-6-16(17)14-25(22,23)20-12-18(15-8-11-24-13-15)21-9-4-1-5-10-21/h2-3,6-8,11,13,18,20H,1,4-5,9-10,12,14H2. The molecule has 2 aromatic rings. The third-order valence-corrected chi connectivity index (χ3v) is 6.56. The fourth-order valence-corrected chi connectivity index (χ4v) is 5.09. The zero-order valence-electron chi connectivity index (χ0n) is 14.0. The Labute approximate surface area is 152 Å². The summed E-state index contributed by atoms with van der Waals surface area (Å²) in [7, 11) is -3.60. The van der Waals surface area contributed by atoms with Crippen LogP contribution >= 0.6 is 11.3 Å². The summed E-state index contributed by atoms with van der Waals surface area (Å²) < 4.78 is 41.3. The Morgan fingerprint density at radius 3 is 2.60 bits per heavy atom. The van der Waals surface area contributed by atoms with Gasteiger partial charge < -0.3 is 0 Å². The molecule has 1 aliphatic rings. The Morgan fingerprint density at radius 2 is 1.92 bits per heavy atom. The average Bonchev–Trinajstić information content (AvgIpc) is 3.12. The van der Waals surface area contributed by atoms with Gasteiger partial charge in [0, 0.05) is 18.2 Å². The number of thiophene rings is 1. The topological polar surface area (TPSA) is 49.4 Å². The number of hydrogen-bond acceptors (Lipinski definition) is 4. The molecule has 7 heteroatoms. The second-order valence-corrected chi connectivity index (χ2v) is 8.95. The Hall–Kier alpha value is -1.28. The van der Waals surface area contributed by atoms with Crippen LogP contribution in [0, 0.1) is 5.82 Å². The van der Waals surface area contributed by atoms with Gasteiger partial charge in [-0.15, -0.1) is 0 Å². The summed E-state index contributed by atoms with van der Waals surface area (Å²) in [5.41, 5.74) is 1.33. The number of hydrogen-bond donors (Lipinski definition) is 1. The van der Waals surface area contributed by atoms with Crippen LogP contribution in [0.5, 0.6) is 0 Å². The molecule has 1 aromatic heterocycles. The maximum Gasteiger partial charge on any atom is 0.215 e. The maximum absolute atomic E-state index is 13.7. The van der Waals surface area contributed by atoms with Gasteiger partial charge in [-0.1, -0.05) is 24.6 Å². The summed E-state index contributed by atoms with van der Waals surface area (Å²) in [6.45, 7) is 2.28. The molecule has 1 unspecified atom stereocenters. The number of benzene rings is 1. The van der Waals surface area contributed by atoms with E-state index < -0.39 is 15.8 Å². The molecule has 25 heavy (non-hydrogen) atoms. The van der Waals surface area contributed by atoms with E-state index in [4.69, 9.17) is 0 Å². The molecule has 3 rings (SSSR count). The van der Waals surface area contributed by atoms with Gasteiger partial charge in [-0.2, -0.15) is 11.3 Å². The van der Waals surface area contributed by atoms with E-state index in [9.17, 15) is 12.8 Å². The van der Waals surface area contributed by atoms with Crippen molar-refractivity contribution in [3.05, 3.63) is 58.0 Å². The van der Waals surface area contributed by atoms with Crippen LogP contribution in [0.2, 0.25) is 0 Å². The minimum atomic E-state index is -3.60. The SMILES string of the molecule is O=S(=O)(Cc1ccccc1F)NCC(c1ccsc1)N1CCCCC1. The van der Waals surface area contributed by atoms with Crippen molar-refractivity contribution in [1.29, 1.82) is 0 Å². The number of piperidine rings is 1. The van der Waals surface area contributed by atoms with Gasteiger partial charge in [0.1, 0.15) is 5.82 Å². The molecule has 1 fully saturated rings. The molecule has 4 nitrogen and oxygen atoms in total. The summed E-state index contributed by atoms with van der Waals surface area (Å²) in [6.07, 6.45) is 3.51. The van der Waals surface area contributed by atoms with Gasteiger partial charge >= 0.3 is 0 Å². The average molecular weight is 383 g/mol. The third kappa shape index (κ3) is 5.10. The first-order valence-electron chi connectivity index (χ1n) is 8.52. The van der Waals surface area contributed by atoms with Gasteiger partial charge in [-0.3, -0.25) is 4.90 Å². The first kappa shape index (κ1) is 18.5. The van der Waals surface area contributed by atoms with E-state index in [0.29, 0.717) is 6.54 Å². The molecule has 2 heterocycles. The largest absolute Gasteiger partial charge is 0.295 e. The van der Waals surface area contributed by atoms with E-state index in [1.54, 1.807) is 23.5 Å². The predicted octanol–water partition coefficient (Wildman–Crippen LogP) is 3.53. The highest BCUT2D eigenvalue weighted by Crippen LogP contribution is 2.26. The lowest BCUT2D eigenvalue weighted by Crippen LogP contribution is -2.40. The van der Waals surface area contributed by atoms with Crippen LogP contribution < -0.4 is 4.72 Å². The molecule has 1 N–H and O–H groups in total. The maximum atomic E-state index is 13.7. The van der Waals surface area contributed by atoms with Gasteiger partial charge in [0.25, 0.3) is 0 Å². The normalized spacial score (nSPS) is 17.5. The second kappa shape index (κ2) is 8.40. The first-order chi connectivity index (χ1) is 12.1. The minimum Gasteiger partial charge on any atom is -0.295 e. The van der Waals surface area contributed by atoms with Crippen molar-refractivity contribution in [2.45, 2.75) is 31.1 Å². The first-order valence-corrected chi connectivity index (χ1v) is 11.1. The van der Waals surface area contributed by atoms with Crippen molar-refractivity contribution in [2.24, 2.45) is 0 Å². The molecule has 0 aliphatic carbocycles. The number of nitrogens with one attached hydrogen (secondary N) is 1. The lowest BCUT2D eigenvalue weighted by molar-refractivity contribution is 0.165. The quantitative estimate of drug-likeness (QED) is 0.797. The Balaban J connectivity index is 1.68. The molecule has 0 saturated carbocycles. The zero-order valence-corrected chi connectivity index (χ0v) is 15.7. The Bertz CT molecular complexity index is 772. The highest BCUT2D eigenvalue weighted by Gasteiger charge is 2.24. The predicted molar refractivity (Wildman–Crippen MR) is 99.5 cm³/mol. The van der Waals surface area contributed by atoms with Crippen molar-refractivity contribution >= 4 is 21.4 Å². The van der Waals surface area contributed by atoms with Gasteiger partial charge in [0.2, 0.25) is 10.0 Å². The van der Waals surface area contributed by atoms with E-state index in [1.165, 1.54) is 18.6 Å². The molecule has 0 spiro atoms. The van der Waals surface area contributed by atoms with Crippen molar-refractivity contribution in [3.63, 3.8) is 0 Å².